The van der Waals surface area contributed by atoms with Crippen molar-refractivity contribution in [1.29, 1.82) is 0 Å². The second-order valence-corrected chi connectivity index (χ2v) is 6.32. The number of hydrogen-bond donors (Lipinski definition) is 2. The third kappa shape index (κ3) is 3.00. The van der Waals surface area contributed by atoms with Gasteiger partial charge < -0.3 is 5.11 Å². The number of H-pyrrole nitrogens is 1. The number of aliphatic hydroxyl groups is 1. The zero-order valence-electron chi connectivity index (χ0n) is 12.7. The highest BCUT2D eigenvalue weighted by Gasteiger charge is 2.30. The van der Waals surface area contributed by atoms with Crippen LogP contribution in [0.15, 0.2) is 41.3 Å². The van der Waals surface area contributed by atoms with Crippen LogP contribution in [-0.2, 0) is 6.42 Å². The lowest BCUT2D eigenvalue weighted by Gasteiger charge is -2.33. The summed E-state index contributed by atoms with van der Waals surface area (Å²) in [7, 11) is 0. The number of rotatable bonds is 3. The van der Waals surface area contributed by atoms with E-state index in [0.717, 1.165) is 37.1 Å². The first kappa shape index (κ1) is 14.3. The van der Waals surface area contributed by atoms with E-state index in [1.54, 1.807) is 6.33 Å². The Morgan fingerprint density at radius 3 is 3.00 bits per heavy atom. The van der Waals surface area contributed by atoms with Gasteiger partial charge in [0.15, 0.2) is 0 Å². The molecule has 2 aliphatic rings. The lowest BCUT2D eigenvalue weighted by molar-refractivity contribution is 0.190. The average molecular weight is 285 g/mol. The number of hydrogen-bond acceptors (Lipinski definition) is 3. The Bertz CT molecular complexity index is 581. The van der Waals surface area contributed by atoms with Gasteiger partial charge in [-0.05, 0) is 36.3 Å². The fourth-order valence-electron chi connectivity index (χ4n) is 3.42. The highest BCUT2D eigenvalue weighted by atomic mass is 16.3. The predicted molar refractivity (Wildman–Crippen MR) is 82.5 cm³/mol. The smallest absolute Gasteiger partial charge is 0.137 e. The number of aromatic amines is 1. The van der Waals surface area contributed by atoms with Crippen LogP contribution < -0.4 is 0 Å². The molecule has 1 heterocycles. The minimum absolute atomic E-state index is 0.303. The molecule has 2 atom stereocenters. The molecule has 1 aromatic rings. The van der Waals surface area contributed by atoms with Gasteiger partial charge in [0.25, 0.3) is 0 Å². The van der Waals surface area contributed by atoms with Crippen LogP contribution >= 0.6 is 0 Å². The molecule has 2 aliphatic carbocycles. The second-order valence-electron chi connectivity index (χ2n) is 6.32. The summed E-state index contributed by atoms with van der Waals surface area (Å²) >= 11 is 0. The molecule has 0 saturated heterocycles. The maximum atomic E-state index is 10.3. The molecule has 4 heteroatoms. The summed E-state index contributed by atoms with van der Waals surface area (Å²) < 4.78 is 0. The highest BCUT2D eigenvalue weighted by molar-refractivity contribution is 5.46. The lowest BCUT2D eigenvalue weighted by Crippen LogP contribution is -2.25. The monoisotopic (exact) mass is 285 g/mol. The van der Waals surface area contributed by atoms with Crippen LogP contribution in [0.1, 0.15) is 38.9 Å². The number of aromatic nitrogens is 3. The highest BCUT2D eigenvalue weighted by Crippen LogP contribution is 2.40. The van der Waals surface area contributed by atoms with E-state index >= 15 is 0 Å². The van der Waals surface area contributed by atoms with Crippen molar-refractivity contribution in [2.45, 2.75) is 45.6 Å². The van der Waals surface area contributed by atoms with Crippen LogP contribution in [0.4, 0.5) is 0 Å². The maximum Gasteiger partial charge on any atom is 0.137 e. The quantitative estimate of drug-likeness (QED) is 0.897. The summed E-state index contributed by atoms with van der Waals surface area (Å²) in [5.74, 6) is 1.74. The zero-order chi connectivity index (χ0) is 14.8. The summed E-state index contributed by atoms with van der Waals surface area (Å²) in [5, 5.41) is 17.2. The van der Waals surface area contributed by atoms with Gasteiger partial charge >= 0.3 is 0 Å². The van der Waals surface area contributed by atoms with Crippen LogP contribution in [-0.4, -0.2) is 26.4 Å². The Morgan fingerprint density at radius 1 is 1.43 bits per heavy atom. The third-order valence-corrected chi connectivity index (χ3v) is 4.32. The molecule has 0 aromatic carbocycles. The van der Waals surface area contributed by atoms with Crippen molar-refractivity contribution < 1.29 is 5.11 Å². The van der Waals surface area contributed by atoms with Gasteiger partial charge in [-0.2, -0.15) is 5.10 Å². The molecule has 112 valence electrons. The first-order valence-corrected chi connectivity index (χ1v) is 7.80. The van der Waals surface area contributed by atoms with Gasteiger partial charge in [-0.1, -0.05) is 37.6 Å². The van der Waals surface area contributed by atoms with E-state index in [-0.39, 0.29) is 6.10 Å². The SMILES string of the molecule is CC(C)C=C1C=CC2=C(CCCC2O)C1Cc1ncn[nH]1. The van der Waals surface area contributed by atoms with E-state index < -0.39 is 0 Å². The Hall–Kier alpha value is -1.68. The van der Waals surface area contributed by atoms with Crippen molar-refractivity contribution in [3.05, 3.63) is 47.1 Å². The maximum absolute atomic E-state index is 10.3. The molecule has 0 spiro atoms. The molecule has 21 heavy (non-hydrogen) atoms. The first-order chi connectivity index (χ1) is 10.1. The van der Waals surface area contributed by atoms with Crippen molar-refractivity contribution in [1.82, 2.24) is 15.2 Å². The summed E-state index contributed by atoms with van der Waals surface area (Å²) in [4.78, 5) is 4.28. The van der Waals surface area contributed by atoms with Crippen molar-refractivity contribution in [3.8, 4) is 0 Å². The van der Waals surface area contributed by atoms with Gasteiger partial charge in [0, 0.05) is 12.3 Å². The molecule has 4 nitrogen and oxygen atoms in total. The summed E-state index contributed by atoms with van der Waals surface area (Å²) in [6.07, 6.45) is 11.7. The molecular weight excluding hydrogens is 262 g/mol. The van der Waals surface area contributed by atoms with Crippen LogP contribution in [0.25, 0.3) is 0 Å². The summed E-state index contributed by atoms with van der Waals surface area (Å²) in [6.45, 7) is 4.40. The van der Waals surface area contributed by atoms with Crippen molar-refractivity contribution in [2.75, 3.05) is 0 Å². The fraction of sp³-hybridized carbons (Fsp3) is 0.529. The van der Waals surface area contributed by atoms with Gasteiger partial charge in [-0.15, -0.1) is 0 Å². The molecule has 0 saturated carbocycles. The normalized spacial score (nSPS) is 27.5. The standard InChI is InChI=1S/C17H23N3O/c1-11(2)8-12-6-7-14-13(4-3-5-16(14)21)15(12)9-17-18-10-19-20-17/h6-8,10-11,15-16,21H,3-5,9H2,1-2H3,(H,18,19,20). The molecule has 2 N–H and O–H groups in total. The minimum atomic E-state index is -0.303. The second kappa shape index (κ2) is 5.98. The topological polar surface area (TPSA) is 61.8 Å². The number of allylic oxidation sites excluding steroid dienone is 4. The molecule has 3 rings (SSSR count). The van der Waals surface area contributed by atoms with Gasteiger partial charge in [-0.3, -0.25) is 5.10 Å². The van der Waals surface area contributed by atoms with Gasteiger partial charge in [0.05, 0.1) is 6.10 Å². The van der Waals surface area contributed by atoms with Crippen LogP contribution in [0, 0.1) is 11.8 Å². The van der Waals surface area contributed by atoms with Gasteiger partial charge in [0.2, 0.25) is 0 Å². The minimum Gasteiger partial charge on any atom is -0.388 e. The van der Waals surface area contributed by atoms with Crippen molar-refractivity contribution in [2.24, 2.45) is 11.8 Å². The molecule has 0 radical (unpaired) electrons. The molecule has 0 bridgehead atoms. The predicted octanol–water partition coefficient (Wildman–Crippen LogP) is 2.96. The van der Waals surface area contributed by atoms with Gasteiger partial charge in [-0.25, -0.2) is 4.98 Å². The van der Waals surface area contributed by atoms with E-state index in [2.05, 4.69) is 47.3 Å². The van der Waals surface area contributed by atoms with Crippen LogP contribution in [0.2, 0.25) is 0 Å². The largest absolute Gasteiger partial charge is 0.388 e. The van der Waals surface area contributed by atoms with Crippen LogP contribution in [0.3, 0.4) is 0 Å². The molecular formula is C17H23N3O. The molecule has 0 fully saturated rings. The molecule has 2 unspecified atom stereocenters. The Morgan fingerprint density at radius 2 is 2.29 bits per heavy atom. The average Bonchev–Trinajstić information content (AvgIpc) is 2.94. The summed E-state index contributed by atoms with van der Waals surface area (Å²) in [5.41, 5.74) is 3.86. The van der Waals surface area contributed by atoms with Crippen LogP contribution in [0.5, 0.6) is 0 Å². The molecule has 0 aliphatic heterocycles. The van der Waals surface area contributed by atoms with E-state index in [4.69, 9.17) is 0 Å². The Kier molecular flexibility index (Phi) is 4.06. The Labute approximate surface area is 125 Å². The van der Waals surface area contributed by atoms with Crippen molar-refractivity contribution in [3.63, 3.8) is 0 Å². The summed E-state index contributed by atoms with van der Waals surface area (Å²) in [6, 6.07) is 0. The van der Waals surface area contributed by atoms with E-state index in [9.17, 15) is 5.11 Å². The lowest BCUT2D eigenvalue weighted by atomic mass is 9.73. The number of nitrogens with zero attached hydrogens (tertiary/aromatic N) is 2. The third-order valence-electron chi connectivity index (χ3n) is 4.32. The van der Waals surface area contributed by atoms with E-state index in [1.807, 2.05) is 0 Å². The van der Waals surface area contributed by atoms with E-state index in [1.165, 1.54) is 11.1 Å². The fourth-order valence-corrected chi connectivity index (χ4v) is 3.42. The molecule has 0 amide bonds. The Balaban J connectivity index is 1.97. The first-order valence-electron chi connectivity index (χ1n) is 7.80. The van der Waals surface area contributed by atoms with E-state index in [0.29, 0.717) is 11.8 Å². The number of aliphatic hydroxyl groups excluding tert-OH is 1. The zero-order valence-corrected chi connectivity index (χ0v) is 12.7. The number of nitrogens with one attached hydrogen (secondary N) is 1. The molecule has 1 aromatic heterocycles. The van der Waals surface area contributed by atoms with Gasteiger partial charge in [0.1, 0.15) is 12.2 Å². The van der Waals surface area contributed by atoms with Crippen molar-refractivity contribution >= 4 is 0 Å².